The molecule has 3 atom stereocenters. The highest BCUT2D eigenvalue weighted by molar-refractivity contribution is 7.89. The molecule has 36 heavy (non-hydrogen) atoms. The number of carbonyl (C=O) groups is 2. The number of hydrogen-bond acceptors (Lipinski definition) is 6. The summed E-state index contributed by atoms with van der Waals surface area (Å²) in [6, 6.07) is 3.63. The Morgan fingerprint density at radius 1 is 1.28 bits per heavy atom. The fourth-order valence-electron chi connectivity index (χ4n) is 5.16. The van der Waals surface area contributed by atoms with Gasteiger partial charge in [-0.1, -0.05) is 0 Å². The molecule has 3 unspecified atom stereocenters. The van der Waals surface area contributed by atoms with Crippen molar-refractivity contribution >= 4 is 27.5 Å². The number of sulfonamides is 1. The van der Waals surface area contributed by atoms with Crippen LogP contribution in [0, 0.1) is 18.7 Å². The van der Waals surface area contributed by atoms with Crippen molar-refractivity contribution in [1.82, 2.24) is 14.2 Å². The molecule has 2 amide bonds. The maximum absolute atomic E-state index is 13.6. The number of aryl methyl sites for hydroxylation is 2. The van der Waals surface area contributed by atoms with Crippen LogP contribution < -0.4 is 14.8 Å². The second-order valence-corrected chi connectivity index (χ2v) is 11.6. The summed E-state index contributed by atoms with van der Waals surface area (Å²) in [5.41, 5.74) is -0.142. The van der Waals surface area contributed by atoms with Crippen LogP contribution in [0.15, 0.2) is 29.3 Å². The number of fused-ring (bicyclic) bond motifs is 2. The minimum atomic E-state index is -4.05. The summed E-state index contributed by atoms with van der Waals surface area (Å²) in [5.74, 6) is -1.51. The standard InChI is InChI=1S/C24H29FN4O6S/c1-14-9-16(5-6-17(14)25)26-22(30)20-21-19(12-28(20)3)36(32,33)27-18-11-29(10-15(18)13-34-21)23(31)24(2)7-4-8-35-24/h5-6,9,12,15,18,27H,4,7-8,10-11,13H2,1-3H3,(H,26,30). The summed E-state index contributed by atoms with van der Waals surface area (Å²) in [4.78, 5) is 27.7. The van der Waals surface area contributed by atoms with Crippen LogP contribution in [0.25, 0.3) is 0 Å². The van der Waals surface area contributed by atoms with Crippen molar-refractivity contribution in [2.24, 2.45) is 13.0 Å². The summed E-state index contributed by atoms with van der Waals surface area (Å²) in [6.45, 7) is 4.51. The van der Waals surface area contributed by atoms with Crippen LogP contribution in [-0.4, -0.2) is 67.6 Å². The van der Waals surface area contributed by atoms with E-state index in [0.29, 0.717) is 30.8 Å². The van der Waals surface area contributed by atoms with Crippen LogP contribution in [-0.2, 0) is 26.6 Å². The number of halogens is 1. The van der Waals surface area contributed by atoms with E-state index in [4.69, 9.17) is 9.47 Å². The number of likely N-dealkylation sites (tertiary alicyclic amines) is 1. The molecule has 0 aliphatic carbocycles. The molecule has 3 aliphatic heterocycles. The Kier molecular flexibility index (Phi) is 6.08. The second kappa shape index (κ2) is 8.86. The molecule has 4 heterocycles. The summed E-state index contributed by atoms with van der Waals surface area (Å²) in [7, 11) is -2.50. The van der Waals surface area contributed by atoms with E-state index in [9.17, 15) is 22.4 Å². The Bertz CT molecular complexity index is 1330. The minimum Gasteiger partial charge on any atom is -0.489 e. The van der Waals surface area contributed by atoms with Gasteiger partial charge in [-0.25, -0.2) is 17.5 Å². The van der Waals surface area contributed by atoms with Crippen LogP contribution in [0.1, 0.15) is 35.8 Å². The van der Waals surface area contributed by atoms with Crippen LogP contribution in [0.3, 0.4) is 0 Å². The van der Waals surface area contributed by atoms with Crippen molar-refractivity contribution in [3.63, 3.8) is 0 Å². The predicted octanol–water partition coefficient (Wildman–Crippen LogP) is 1.79. The van der Waals surface area contributed by atoms with Crippen LogP contribution in [0.5, 0.6) is 5.75 Å². The zero-order valence-electron chi connectivity index (χ0n) is 20.3. The van der Waals surface area contributed by atoms with Crippen molar-refractivity contribution in [2.75, 3.05) is 31.6 Å². The monoisotopic (exact) mass is 520 g/mol. The van der Waals surface area contributed by atoms with E-state index >= 15 is 0 Å². The number of benzene rings is 1. The molecule has 10 nitrogen and oxygen atoms in total. The topological polar surface area (TPSA) is 119 Å². The molecule has 0 bridgehead atoms. The number of nitrogens with zero attached hydrogens (tertiary/aromatic N) is 2. The van der Waals surface area contributed by atoms with E-state index in [1.54, 1.807) is 25.8 Å². The molecule has 2 N–H and O–H groups in total. The summed E-state index contributed by atoms with van der Waals surface area (Å²) >= 11 is 0. The smallest absolute Gasteiger partial charge is 0.276 e. The number of amides is 2. The number of carbonyl (C=O) groups excluding carboxylic acids is 2. The van der Waals surface area contributed by atoms with Gasteiger partial charge in [-0.3, -0.25) is 9.59 Å². The quantitative estimate of drug-likeness (QED) is 0.637. The van der Waals surface area contributed by atoms with E-state index in [1.807, 2.05) is 0 Å². The van der Waals surface area contributed by atoms with Gasteiger partial charge in [-0.05, 0) is 50.5 Å². The molecule has 2 saturated heterocycles. The number of ether oxygens (including phenoxy) is 2. The van der Waals surface area contributed by atoms with E-state index in [-0.39, 0.29) is 41.3 Å². The first-order valence-electron chi connectivity index (χ1n) is 11.8. The van der Waals surface area contributed by atoms with Crippen molar-refractivity contribution in [1.29, 1.82) is 0 Å². The van der Waals surface area contributed by atoms with Crippen LogP contribution >= 0.6 is 0 Å². The SMILES string of the molecule is Cc1cc(NC(=O)c2c3c(cn2C)S(=O)(=O)NC2CN(C(=O)C4(C)CCCO4)CC2CO3)ccc1F. The fraction of sp³-hybridized carbons (Fsp3) is 0.500. The molecule has 0 radical (unpaired) electrons. The van der Waals surface area contributed by atoms with Crippen molar-refractivity contribution in [2.45, 2.75) is 43.2 Å². The van der Waals surface area contributed by atoms with Gasteiger partial charge in [0.15, 0.2) is 11.4 Å². The lowest BCUT2D eigenvalue weighted by Crippen LogP contribution is -2.47. The van der Waals surface area contributed by atoms with Gasteiger partial charge in [0.25, 0.3) is 11.8 Å². The maximum atomic E-state index is 13.6. The lowest BCUT2D eigenvalue weighted by molar-refractivity contribution is -0.150. The molecule has 1 aromatic heterocycles. The predicted molar refractivity (Wildman–Crippen MR) is 128 cm³/mol. The number of anilines is 1. The van der Waals surface area contributed by atoms with Gasteiger partial charge in [0.2, 0.25) is 10.0 Å². The largest absolute Gasteiger partial charge is 0.489 e. The highest BCUT2D eigenvalue weighted by Crippen LogP contribution is 2.36. The molecule has 5 rings (SSSR count). The van der Waals surface area contributed by atoms with Gasteiger partial charge in [-0.2, -0.15) is 0 Å². The molecule has 1 aromatic carbocycles. The zero-order valence-corrected chi connectivity index (χ0v) is 21.2. The van der Waals surface area contributed by atoms with Gasteiger partial charge in [-0.15, -0.1) is 0 Å². The summed E-state index contributed by atoms with van der Waals surface area (Å²) in [5, 5.41) is 2.68. The molecule has 2 aromatic rings. The van der Waals surface area contributed by atoms with E-state index < -0.39 is 33.4 Å². The van der Waals surface area contributed by atoms with E-state index in [2.05, 4.69) is 10.0 Å². The normalized spacial score (nSPS) is 26.9. The first kappa shape index (κ1) is 24.7. The Labute approximate surface area is 208 Å². The molecular formula is C24H29FN4O6S. The number of rotatable bonds is 3. The Morgan fingerprint density at radius 3 is 2.75 bits per heavy atom. The number of nitrogens with one attached hydrogen (secondary N) is 2. The molecule has 194 valence electrons. The van der Waals surface area contributed by atoms with Gasteiger partial charge in [0.1, 0.15) is 16.3 Å². The van der Waals surface area contributed by atoms with E-state index in [0.717, 1.165) is 6.42 Å². The van der Waals surface area contributed by atoms with Crippen molar-refractivity contribution in [3.05, 3.63) is 41.5 Å². The van der Waals surface area contributed by atoms with Gasteiger partial charge < -0.3 is 24.3 Å². The average Bonchev–Trinajstić information content (AvgIpc) is 3.51. The minimum absolute atomic E-state index is 0.0219. The van der Waals surface area contributed by atoms with Crippen LogP contribution in [0.2, 0.25) is 0 Å². The van der Waals surface area contributed by atoms with Gasteiger partial charge >= 0.3 is 0 Å². The number of aromatic nitrogens is 1. The van der Waals surface area contributed by atoms with Crippen LogP contribution in [0.4, 0.5) is 10.1 Å². The molecule has 0 saturated carbocycles. The Hall–Kier alpha value is -2.96. The molecule has 12 heteroatoms. The molecule has 0 spiro atoms. The third-order valence-electron chi connectivity index (χ3n) is 7.17. The lowest BCUT2D eigenvalue weighted by atomic mass is 10.0. The Morgan fingerprint density at radius 2 is 2.06 bits per heavy atom. The third kappa shape index (κ3) is 4.27. The summed E-state index contributed by atoms with van der Waals surface area (Å²) in [6.07, 6.45) is 2.75. The first-order chi connectivity index (χ1) is 17.0. The van der Waals surface area contributed by atoms with Crippen molar-refractivity contribution in [3.8, 4) is 5.75 Å². The average molecular weight is 521 g/mol. The third-order valence-corrected chi connectivity index (χ3v) is 8.65. The van der Waals surface area contributed by atoms with Crippen molar-refractivity contribution < 1.29 is 31.9 Å². The first-order valence-corrected chi connectivity index (χ1v) is 13.3. The maximum Gasteiger partial charge on any atom is 0.276 e. The second-order valence-electron chi connectivity index (χ2n) is 9.89. The molecular weight excluding hydrogens is 491 g/mol. The lowest BCUT2D eigenvalue weighted by Gasteiger charge is -2.28. The van der Waals surface area contributed by atoms with Gasteiger partial charge in [0, 0.05) is 50.6 Å². The van der Waals surface area contributed by atoms with Gasteiger partial charge in [0.05, 0.1) is 6.61 Å². The molecule has 2 fully saturated rings. The molecule has 3 aliphatic rings. The highest BCUT2D eigenvalue weighted by Gasteiger charge is 2.47. The fourth-order valence-corrected chi connectivity index (χ4v) is 6.65. The highest BCUT2D eigenvalue weighted by atomic mass is 32.2. The zero-order chi connectivity index (χ0) is 25.8. The number of hydrogen-bond donors (Lipinski definition) is 2. The summed E-state index contributed by atoms with van der Waals surface area (Å²) < 4.78 is 56.0. The van der Waals surface area contributed by atoms with E-state index in [1.165, 1.54) is 29.0 Å². The Balaban J connectivity index is 1.40.